The van der Waals surface area contributed by atoms with Gasteiger partial charge < -0.3 is 13.7 Å². The normalized spacial score (nSPS) is 17.9. The molecule has 0 amide bonds. The number of hydrogen-bond acceptors (Lipinski definition) is 4. The summed E-state index contributed by atoms with van der Waals surface area (Å²) in [7, 11) is -2.52. The Labute approximate surface area is 180 Å². The number of halogens is 2. The summed E-state index contributed by atoms with van der Waals surface area (Å²) in [4.78, 5) is 1.25. The minimum Gasteiger partial charge on any atom is -0.379 e. The summed E-state index contributed by atoms with van der Waals surface area (Å²) in [5.74, 6) is -1.87. The zero-order chi connectivity index (χ0) is 21.8. The van der Waals surface area contributed by atoms with Crippen LogP contribution in [-0.4, -0.2) is 38.0 Å². The van der Waals surface area contributed by atoms with Gasteiger partial charge in [0.2, 0.25) is 0 Å². The highest BCUT2D eigenvalue weighted by molar-refractivity contribution is 7.87. The van der Waals surface area contributed by atoms with Crippen LogP contribution in [0.3, 0.4) is 0 Å². The average molecular weight is 447 g/mol. The smallest absolute Gasteiger partial charge is 0.345 e. The Morgan fingerprint density at radius 3 is 2.45 bits per heavy atom. The molecule has 0 N–H and O–H groups in total. The fourth-order valence-electron chi connectivity index (χ4n) is 5.04. The topological polar surface area (TPSA) is 51.5 Å². The lowest BCUT2D eigenvalue weighted by atomic mass is 9.87. The molecule has 2 aliphatic heterocycles. The van der Waals surface area contributed by atoms with Crippen LogP contribution in [0.5, 0.6) is 5.75 Å². The van der Waals surface area contributed by atoms with E-state index in [1.54, 1.807) is 12.1 Å². The maximum Gasteiger partial charge on any atom is 0.345 e. The molecule has 2 aromatic carbocycles. The van der Waals surface area contributed by atoms with E-state index in [-0.39, 0.29) is 5.75 Å². The van der Waals surface area contributed by atoms with Crippen molar-refractivity contribution in [1.29, 1.82) is 0 Å². The van der Waals surface area contributed by atoms with E-state index in [4.69, 9.17) is 4.18 Å². The van der Waals surface area contributed by atoms with Crippen molar-refractivity contribution < 1.29 is 21.4 Å². The van der Waals surface area contributed by atoms with Crippen LogP contribution < -0.4 is 4.18 Å². The molecule has 164 valence electrons. The molecule has 0 unspecified atom stereocenters. The van der Waals surface area contributed by atoms with Crippen LogP contribution in [0.2, 0.25) is 0 Å². The van der Waals surface area contributed by atoms with Crippen LogP contribution in [0.25, 0.3) is 10.9 Å². The first-order chi connectivity index (χ1) is 14.8. The molecule has 3 aromatic rings. The Morgan fingerprint density at radius 2 is 1.74 bits per heavy atom. The Hall–Kier alpha value is -2.45. The van der Waals surface area contributed by atoms with Crippen LogP contribution in [0, 0.1) is 11.6 Å². The molecule has 0 atom stereocenters. The third-order valence-corrected chi connectivity index (χ3v) is 7.78. The SMILES string of the molecule is CN1CCC(c2c3n(c4ccc(OS(=O)(=O)c5c(F)cccc5F)cc24)CCC3)CC1. The van der Waals surface area contributed by atoms with Crippen molar-refractivity contribution in [3.05, 3.63) is 59.3 Å². The lowest BCUT2D eigenvalue weighted by Gasteiger charge is -2.29. The first kappa shape index (κ1) is 20.5. The molecule has 0 bridgehead atoms. The molecular weight excluding hydrogens is 422 g/mol. The highest BCUT2D eigenvalue weighted by Crippen LogP contribution is 2.41. The summed E-state index contributed by atoms with van der Waals surface area (Å²) in [6.45, 7) is 2.99. The molecule has 3 heterocycles. The molecule has 5 nitrogen and oxygen atoms in total. The number of likely N-dealkylation sites (tertiary alicyclic amines) is 1. The highest BCUT2D eigenvalue weighted by atomic mass is 32.2. The average Bonchev–Trinajstić information content (AvgIpc) is 3.29. The van der Waals surface area contributed by atoms with Gasteiger partial charge in [-0.1, -0.05) is 6.07 Å². The third kappa shape index (κ3) is 3.51. The molecule has 1 saturated heterocycles. The summed E-state index contributed by atoms with van der Waals surface area (Å²) < 4.78 is 60.9. The van der Waals surface area contributed by atoms with E-state index in [0.717, 1.165) is 74.4 Å². The second-order valence-corrected chi connectivity index (χ2v) is 9.94. The second-order valence-electron chi connectivity index (χ2n) is 8.46. The lowest BCUT2D eigenvalue weighted by Crippen LogP contribution is -2.29. The summed E-state index contributed by atoms with van der Waals surface area (Å²) in [6, 6.07) is 8.04. The van der Waals surface area contributed by atoms with Crippen LogP contribution in [-0.2, 0) is 23.1 Å². The first-order valence-corrected chi connectivity index (χ1v) is 12.0. The van der Waals surface area contributed by atoms with E-state index >= 15 is 0 Å². The Kier molecular flexibility index (Phi) is 5.01. The highest BCUT2D eigenvalue weighted by Gasteiger charge is 2.30. The van der Waals surface area contributed by atoms with Gasteiger partial charge in [0.1, 0.15) is 17.4 Å². The molecule has 0 spiro atoms. The van der Waals surface area contributed by atoms with E-state index in [1.807, 2.05) is 6.07 Å². The van der Waals surface area contributed by atoms with Crippen molar-refractivity contribution >= 4 is 21.0 Å². The Bertz CT molecular complexity index is 1240. The minimum absolute atomic E-state index is 0.0635. The first-order valence-electron chi connectivity index (χ1n) is 10.6. The molecular formula is C23H24F2N2O3S. The number of fused-ring (bicyclic) bond motifs is 3. The zero-order valence-corrected chi connectivity index (χ0v) is 18.1. The fourth-order valence-corrected chi connectivity index (χ4v) is 6.09. The molecule has 31 heavy (non-hydrogen) atoms. The van der Waals surface area contributed by atoms with Gasteiger partial charge in [-0.2, -0.15) is 8.42 Å². The molecule has 0 radical (unpaired) electrons. The fraction of sp³-hybridized carbons (Fsp3) is 0.391. The monoisotopic (exact) mass is 446 g/mol. The number of hydrogen-bond donors (Lipinski definition) is 0. The summed E-state index contributed by atoms with van der Waals surface area (Å²) >= 11 is 0. The maximum atomic E-state index is 14.0. The van der Waals surface area contributed by atoms with Gasteiger partial charge in [0, 0.05) is 23.1 Å². The van der Waals surface area contributed by atoms with Gasteiger partial charge in [0.05, 0.1) is 0 Å². The van der Waals surface area contributed by atoms with Gasteiger partial charge in [0.15, 0.2) is 4.90 Å². The number of benzene rings is 2. The van der Waals surface area contributed by atoms with Gasteiger partial charge >= 0.3 is 10.1 Å². The number of nitrogens with zero attached hydrogens (tertiary/aromatic N) is 2. The standard InChI is InChI=1S/C23H24F2N2O3S/c1-26-12-9-15(10-13-26)22-17-14-16(7-8-20(17)27-11-3-6-21(22)27)30-31(28,29)23-18(24)4-2-5-19(23)25/h2,4-5,7-8,14-15H,3,6,9-13H2,1H3. The van der Waals surface area contributed by atoms with Crippen LogP contribution in [0.4, 0.5) is 8.78 Å². The van der Waals surface area contributed by atoms with Gasteiger partial charge in [-0.3, -0.25) is 0 Å². The van der Waals surface area contributed by atoms with Crippen molar-refractivity contribution in [1.82, 2.24) is 9.47 Å². The molecule has 5 rings (SSSR count). The van der Waals surface area contributed by atoms with Crippen LogP contribution in [0.15, 0.2) is 41.3 Å². The van der Waals surface area contributed by atoms with Crippen molar-refractivity contribution in [2.75, 3.05) is 20.1 Å². The maximum absolute atomic E-state index is 14.0. The van der Waals surface area contributed by atoms with Crippen molar-refractivity contribution in [3.8, 4) is 5.75 Å². The van der Waals surface area contributed by atoms with Gasteiger partial charge in [0.25, 0.3) is 0 Å². The van der Waals surface area contributed by atoms with Crippen LogP contribution >= 0.6 is 0 Å². The molecule has 1 fully saturated rings. The van der Waals surface area contributed by atoms with E-state index in [9.17, 15) is 17.2 Å². The van der Waals surface area contributed by atoms with E-state index < -0.39 is 26.6 Å². The minimum atomic E-state index is -4.65. The van der Waals surface area contributed by atoms with Crippen molar-refractivity contribution in [2.24, 2.45) is 0 Å². The Balaban J connectivity index is 1.57. The number of aryl methyl sites for hydroxylation is 1. The van der Waals surface area contributed by atoms with Gasteiger partial charge in [-0.15, -0.1) is 0 Å². The molecule has 1 aromatic heterocycles. The van der Waals surface area contributed by atoms with E-state index in [1.165, 1.54) is 11.3 Å². The number of piperidine rings is 1. The molecule has 0 aliphatic carbocycles. The molecule has 2 aliphatic rings. The van der Waals surface area contributed by atoms with Gasteiger partial charge in [-0.05, 0) is 87.6 Å². The van der Waals surface area contributed by atoms with Crippen LogP contribution in [0.1, 0.15) is 36.4 Å². The third-order valence-electron chi connectivity index (χ3n) is 6.48. The largest absolute Gasteiger partial charge is 0.379 e. The lowest BCUT2D eigenvalue weighted by molar-refractivity contribution is 0.255. The summed E-state index contributed by atoms with van der Waals surface area (Å²) in [5.41, 5.74) is 3.66. The van der Waals surface area contributed by atoms with Crippen molar-refractivity contribution in [2.45, 2.75) is 43.0 Å². The predicted octanol–water partition coefficient (Wildman–Crippen LogP) is 4.44. The summed E-state index contributed by atoms with van der Waals surface area (Å²) in [6.07, 6.45) is 4.20. The number of rotatable bonds is 4. The quantitative estimate of drug-likeness (QED) is 0.556. The Morgan fingerprint density at radius 1 is 1.03 bits per heavy atom. The summed E-state index contributed by atoms with van der Waals surface area (Å²) in [5, 5.41) is 0.978. The van der Waals surface area contributed by atoms with Crippen molar-refractivity contribution in [3.63, 3.8) is 0 Å². The second kappa shape index (κ2) is 7.60. The number of aromatic nitrogens is 1. The molecule has 8 heteroatoms. The van der Waals surface area contributed by atoms with E-state index in [2.05, 4.69) is 16.5 Å². The predicted molar refractivity (Wildman–Crippen MR) is 114 cm³/mol. The molecule has 0 saturated carbocycles. The van der Waals surface area contributed by atoms with Gasteiger partial charge in [-0.25, -0.2) is 8.78 Å². The van der Waals surface area contributed by atoms with E-state index in [0.29, 0.717) is 5.92 Å². The zero-order valence-electron chi connectivity index (χ0n) is 17.3.